The lowest BCUT2D eigenvalue weighted by atomic mass is 9.93. The Hall–Kier alpha value is -0.390. The van der Waals surface area contributed by atoms with Crippen LogP contribution in [0.25, 0.3) is 0 Å². The Morgan fingerprint density at radius 3 is 2.23 bits per heavy atom. The highest BCUT2D eigenvalue weighted by Crippen LogP contribution is 2.42. The van der Waals surface area contributed by atoms with E-state index >= 15 is 0 Å². The minimum absolute atomic E-state index is 0.0135. The third-order valence-electron chi connectivity index (χ3n) is 2.23. The predicted molar refractivity (Wildman–Crippen MR) is 36.6 cm³/mol. The maximum absolute atomic E-state index is 12.8. The van der Waals surface area contributed by atoms with Crippen LogP contribution in [0.5, 0.6) is 0 Å². The Morgan fingerprint density at radius 1 is 1.31 bits per heavy atom. The Balaban J connectivity index is 2.78. The molecule has 78 valence electrons. The number of alkyl halides is 5. The van der Waals surface area contributed by atoms with Crippen LogP contribution < -0.4 is 0 Å². The number of rotatable bonds is 0. The van der Waals surface area contributed by atoms with Crippen LogP contribution in [-0.2, 0) is 0 Å². The van der Waals surface area contributed by atoms with Crippen molar-refractivity contribution in [1.82, 2.24) is 4.90 Å². The first-order chi connectivity index (χ1) is 5.73. The van der Waals surface area contributed by atoms with E-state index in [1.54, 1.807) is 0 Å². The summed E-state index contributed by atoms with van der Waals surface area (Å²) in [6.45, 7) is -0.601. The molecule has 0 N–H and O–H groups in total. The van der Waals surface area contributed by atoms with Gasteiger partial charge in [0.05, 0.1) is 0 Å². The quantitative estimate of drug-likeness (QED) is 0.545. The summed E-state index contributed by atoms with van der Waals surface area (Å²) in [5.41, 5.74) is 0. The van der Waals surface area contributed by atoms with Crippen molar-refractivity contribution in [1.29, 1.82) is 0 Å². The molecule has 0 amide bonds. The minimum Gasteiger partial charge on any atom is -0.305 e. The maximum Gasteiger partial charge on any atom is 0.398 e. The molecule has 0 aliphatic carbocycles. The van der Waals surface area contributed by atoms with E-state index in [1.807, 2.05) is 0 Å². The number of piperidine rings is 1. The lowest BCUT2D eigenvalue weighted by molar-refractivity contribution is -0.256. The molecular weight excluding hydrogens is 193 g/mol. The molecule has 0 aromatic carbocycles. The predicted octanol–water partition coefficient (Wildman–Crippen LogP) is 2.14. The fraction of sp³-hybridized carbons (Fsp3) is 1.00. The Labute approximate surface area is 72.5 Å². The Morgan fingerprint density at radius 2 is 1.85 bits per heavy atom. The van der Waals surface area contributed by atoms with Crippen molar-refractivity contribution in [2.45, 2.75) is 18.5 Å². The molecule has 1 aliphatic heterocycles. The van der Waals surface area contributed by atoms with E-state index < -0.39 is 31.0 Å². The van der Waals surface area contributed by atoms with Gasteiger partial charge in [0.25, 0.3) is 5.92 Å². The molecule has 1 atom stereocenters. The average Bonchev–Trinajstić information content (AvgIpc) is 1.92. The van der Waals surface area contributed by atoms with Gasteiger partial charge in [-0.3, -0.25) is 0 Å². The zero-order valence-corrected chi connectivity index (χ0v) is 7.04. The molecule has 0 radical (unpaired) electrons. The number of hydrogen-bond acceptors (Lipinski definition) is 1. The van der Waals surface area contributed by atoms with Gasteiger partial charge in [0.1, 0.15) is 5.92 Å². The van der Waals surface area contributed by atoms with E-state index in [9.17, 15) is 22.0 Å². The second kappa shape index (κ2) is 3.08. The van der Waals surface area contributed by atoms with E-state index in [2.05, 4.69) is 0 Å². The van der Waals surface area contributed by atoms with Crippen LogP contribution >= 0.6 is 0 Å². The van der Waals surface area contributed by atoms with Gasteiger partial charge in [-0.2, -0.15) is 13.2 Å². The first kappa shape index (κ1) is 10.7. The SMILES string of the molecule is CN1CCC(F)(F)C(C(F)(F)F)C1. The summed E-state index contributed by atoms with van der Waals surface area (Å²) in [6.07, 6.45) is -5.52. The van der Waals surface area contributed by atoms with Gasteiger partial charge in [-0.05, 0) is 7.05 Å². The highest BCUT2D eigenvalue weighted by atomic mass is 19.4. The average molecular weight is 203 g/mol. The van der Waals surface area contributed by atoms with E-state index in [1.165, 1.54) is 11.9 Å². The molecule has 1 heterocycles. The molecule has 13 heavy (non-hydrogen) atoms. The number of nitrogens with zero attached hydrogens (tertiary/aromatic N) is 1. The molecule has 1 aliphatic rings. The summed E-state index contributed by atoms with van der Waals surface area (Å²) in [5, 5.41) is 0. The molecule has 1 rings (SSSR count). The molecule has 1 nitrogen and oxygen atoms in total. The van der Waals surface area contributed by atoms with Crippen LogP contribution in [0.1, 0.15) is 6.42 Å². The Kier molecular flexibility index (Phi) is 2.53. The first-order valence-corrected chi connectivity index (χ1v) is 3.86. The van der Waals surface area contributed by atoms with Gasteiger partial charge in [0.2, 0.25) is 0 Å². The second-order valence-electron chi connectivity index (χ2n) is 3.37. The zero-order chi connectivity index (χ0) is 10.3. The van der Waals surface area contributed by atoms with Crippen molar-refractivity contribution < 1.29 is 22.0 Å². The van der Waals surface area contributed by atoms with Gasteiger partial charge in [-0.25, -0.2) is 8.78 Å². The van der Waals surface area contributed by atoms with E-state index in [0.717, 1.165) is 0 Å². The van der Waals surface area contributed by atoms with E-state index in [0.29, 0.717) is 0 Å². The van der Waals surface area contributed by atoms with Gasteiger partial charge in [0, 0.05) is 19.5 Å². The summed E-state index contributed by atoms with van der Waals surface area (Å²) in [7, 11) is 1.41. The van der Waals surface area contributed by atoms with Crippen molar-refractivity contribution in [3.8, 4) is 0 Å². The number of halogens is 5. The molecular formula is C7H10F5N. The summed E-state index contributed by atoms with van der Waals surface area (Å²) in [4.78, 5) is 1.27. The van der Waals surface area contributed by atoms with Gasteiger partial charge in [0.15, 0.2) is 0 Å². The van der Waals surface area contributed by atoms with Crippen molar-refractivity contribution in [3.05, 3.63) is 0 Å². The van der Waals surface area contributed by atoms with Crippen molar-refractivity contribution >= 4 is 0 Å². The lowest BCUT2D eigenvalue weighted by Crippen LogP contribution is -2.51. The van der Waals surface area contributed by atoms with Gasteiger partial charge in [-0.1, -0.05) is 0 Å². The zero-order valence-electron chi connectivity index (χ0n) is 7.04. The van der Waals surface area contributed by atoms with Crippen LogP contribution in [-0.4, -0.2) is 37.1 Å². The fourth-order valence-corrected chi connectivity index (χ4v) is 1.39. The smallest absolute Gasteiger partial charge is 0.305 e. The van der Waals surface area contributed by atoms with Crippen LogP contribution in [0.4, 0.5) is 22.0 Å². The first-order valence-electron chi connectivity index (χ1n) is 3.86. The summed E-state index contributed by atoms with van der Waals surface area (Å²) >= 11 is 0. The van der Waals surface area contributed by atoms with Gasteiger partial charge >= 0.3 is 6.18 Å². The number of hydrogen-bond donors (Lipinski definition) is 0. The third-order valence-corrected chi connectivity index (χ3v) is 2.23. The van der Waals surface area contributed by atoms with Crippen LogP contribution in [0, 0.1) is 5.92 Å². The van der Waals surface area contributed by atoms with Crippen LogP contribution in [0.2, 0.25) is 0 Å². The normalized spacial score (nSPS) is 30.5. The van der Waals surface area contributed by atoms with Crippen LogP contribution in [0.3, 0.4) is 0 Å². The van der Waals surface area contributed by atoms with Crippen LogP contribution in [0.15, 0.2) is 0 Å². The van der Waals surface area contributed by atoms with Gasteiger partial charge in [-0.15, -0.1) is 0 Å². The summed E-state index contributed by atoms with van der Waals surface area (Å²) < 4.78 is 61.9. The monoisotopic (exact) mass is 203 g/mol. The molecule has 0 saturated carbocycles. The van der Waals surface area contributed by atoms with Crippen molar-refractivity contribution in [3.63, 3.8) is 0 Å². The Bertz CT molecular complexity index is 188. The van der Waals surface area contributed by atoms with E-state index in [-0.39, 0.29) is 6.54 Å². The summed E-state index contributed by atoms with van der Waals surface area (Å²) in [5.74, 6) is -6.12. The molecule has 1 unspecified atom stereocenters. The minimum atomic E-state index is -4.81. The molecule has 0 aromatic heterocycles. The van der Waals surface area contributed by atoms with E-state index in [4.69, 9.17) is 0 Å². The third kappa shape index (κ3) is 2.30. The molecule has 6 heteroatoms. The standard InChI is InChI=1S/C7H10F5N/c1-13-3-2-6(8,9)5(4-13)7(10,11)12/h5H,2-4H2,1H3. The highest BCUT2D eigenvalue weighted by molar-refractivity contribution is 4.89. The molecule has 1 saturated heterocycles. The molecule has 1 fully saturated rings. The van der Waals surface area contributed by atoms with Crippen molar-refractivity contribution in [2.75, 3.05) is 20.1 Å². The molecule has 0 aromatic rings. The maximum atomic E-state index is 12.8. The molecule has 0 spiro atoms. The largest absolute Gasteiger partial charge is 0.398 e. The highest BCUT2D eigenvalue weighted by Gasteiger charge is 2.57. The lowest BCUT2D eigenvalue weighted by Gasteiger charge is -2.37. The fourth-order valence-electron chi connectivity index (χ4n) is 1.39. The van der Waals surface area contributed by atoms with Gasteiger partial charge < -0.3 is 4.90 Å². The number of likely N-dealkylation sites (tertiary alicyclic amines) is 1. The summed E-state index contributed by atoms with van der Waals surface area (Å²) in [6, 6.07) is 0. The topological polar surface area (TPSA) is 3.24 Å². The second-order valence-corrected chi connectivity index (χ2v) is 3.37. The van der Waals surface area contributed by atoms with Crippen molar-refractivity contribution in [2.24, 2.45) is 5.92 Å². The molecule has 0 bridgehead atoms.